The lowest BCUT2D eigenvalue weighted by Crippen LogP contribution is -2.46. The molecule has 4 heteroatoms. The van der Waals surface area contributed by atoms with E-state index in [-0.39, 0.29) is 6.04 Å². The minimum Gasteiger partial charge on any atom is -0.323 e. The van der Waals surface area contributed by atoms with E-state index in [0.29, 0.717) is 11.5 Å². The molecule has 1 fully saturated rings. The second-order valence-corrected chi connectivity index (χ2v) is 6.70. The van der Waals surface area contributed by atoms with Crippen LogP contribution in [0.15, 0.2) is 5.51 Å². The number of thiazole rings is 1. The number of fused-ring (bicyclic) bond motifs is 1. The summed E-state index contributed by atoms with van der Waals surface area (Å²) in [5, 5.41) is 0. The highest BCUT2D eigenvalue weighted by molar-refractivity contribution is 7.09. The summed E-state index contributed by atoms with van der Waals surface area (Å²) in [6, 6.07) is 0.900. The number of hydrogen-bond donors (Lipinski definition) is 1. The third-order valence-electron chi connectivity index (χ3n) is 4.66. The normalized spacial score (nSPS) is 27.9. The first-order valence-electron chi connectivity index (χ1n) is 6.54. The second kappa shape index (κ2) is 4.04. The van der Waals surface area contributed by atoms with Gasteiger partial charge in [-0.2, -0.15) is 0 Å². The van der Waals surface area contributed by atoms with Gasteiger partial charge >= 0.3 is 0 Å². The van der Waals surface area contributed by atoms with Gasteiger partial charge in [0.15, 0.2) is 0 Å². The Balaban J connectivity index is 1.76. The van der Waals surface area contributed by atoms with E-state index in [1.54, 1.807) is 11.3 Å². The van der Waals surface area contributed by atoms with Crippen molar-refractivity contribution in [1.82, 2.24) is 9.88 Å². The van der Waals surface area contributed by atoms with Gasteiger partial charge in [-0.3, -0.25) is 0 Å². The van der Waals surface area contributed by atoms with E-state index in [4.69, 9.17) is 5.73 Å². The van der Waals surface area contributed by atoms with Crippen LogP contribution in [-0.4, -0.2) is 29.0 Å². The van der Waals surface area contributed by atoms with Crippen LogP contribution in [0.2, 0.25) is 0 Å². The molecule has 1 aromatic rings. The third kappa shape index (κ3) is 1.74. The van der Waals surface area contributed by atoms with Crippen LogP contribution < -0.4 is 5.73 Å². The molecule has 1 aliphatic carbocycles. The van der Waals surface area contributed by atoms with Crippen molar-refractivity contribution in [3.63, 3.8) is 0 Å². The summed E-state index contributed by atoms with van der Waals surface area (Å²) in [4.78, 5) is 8.39. The van der Waals surface area contributed by atoms with E-state index in [0.717, 1.165) is 6.42 Å². The van der Waals surface area contributed by atoms with E-state index in [9.17, 15) is 0 Å². The van der Waals surface area contributed by atoms with E-state index in [1.165, 1.54) is 36.5 Å². The van der Waals surface area contributed by atoms with Crippen molar-refractivity contribution in [2.24, 2.45) is 11.1 Å². The number of nitrogens with zero attached hydrogens (tertiary/aromatic N) is 2. The van der Waals surface area contributed by atoms with Crippen molar-refractivity contribution in [2.45, 2.75) is 45.2 Å². The first-order chi connectivity index (χ1) is 8.12. The average Bonchev–Trinajstić information content (AvgIpc) is 2.84. The van der Waals surface area contributed by atoms with Crippen LogP contribution in [0.5, 0.6) is 0 Å². The quantitative estimate of drug-likeness (QED) is 0.832. The van der Waals surface area contributed by atoms with E-state index in [1.807, 2.05) is 5.51 Å². The SMILES string of the molecule is CC(C)N1CCC2(CC1)Cc1ncsc1[C@@H]2N. The minimum absolute atomic E-state index is 0.235. The summed E-state index contributed by atoms with van der Waals surface area (Å²) in [6.45, 7) is 6.95. The maximum Gasteiger partial charge on any atom is 0.0798 e. The Bertz CT molecular complexity index is 405. The summed E-state index contributed by atoms with van der Waals surface area (Å²) in [6.07, 6.45) is 3.57. The molecule has 0 unspecified atom stereocenters. The van der Waals surface area contributed by atoms with Gasteiger partial charge in [0.2, 0.25) is 0 Å². The molecule has 0 aromatic carbocycles. The number of likely N-dealkylation sites (tertiary alicyclic amines) is 1. The van der Waals surface area contributed by atoms with Crippen LogP contribution in [-0.2, 0) is 6.42 Å². The summed E-state index contributed by atoms with van der Waals surface area (Å²) in [5.74, 6) is 0. The topological polar surface area (TPSA) is 42.2 Å². The Morgan fingerprint density at radius 3 is 2.76 bits per heavy atom. The third-order valence-corrected chi connectivity index (χ3v) is 5.61. The van der Waals surface area contributed by atoms with Crippen molar-refractivity contribution in [1.29, 1.82) is 0 Å². The molecule has 1 spiro atoms. The van der Waals surface area contributed by atoms with Crippen LogP contribution in [0, 0.1) is 5.41 Å². The fourth-order valence-corrected chi connectivity index (χ4v) is 4.31. The molecular formula is C13H21N3S. The van der Waals surface area contributed by atoms with E-state index < -0.39 is 0 Å². The molecule has 1 saturated heterocycles. The molecule has 2 heterocycles. The average molecular weight is 251 g/mol. The molecule has 1 aromatic heterocycles. The van der Waals surface area contributed by atoms with Gasteiger partial charge in [-0.15, -0.1) is 11.3 Å². The van der Waals surface area contributed by atoms with Crippen LogP contribution in [0.25, 0.3) is 0 Å². The Morgan fingerprint density at radius 2 is 2.18 bits per heavy atom. The van der Waals surface area contributed by atoms with Gasteiger partial charge in [0, 0.05) is 17.0 Å². The molecule has 94 valence electrons. The van der Waals surface area contributed by atoms with Gasteiger partial charge in [-0.05, 0) is 51.6 Å². The predicted octanol–water partition coefficient (Wildman–Crippen LogP) is 2.19. The molecule has 0 amide bonds. The van der Waals surface area contributed by atoms with Crippen molar-refractivity contribution in [3.8, 4) is 0 Å². The van der Waals surface area contributed by atoms with E-state index in [2.05, 4.69) is 23.7 Å². The fourth-order valence-electron chi connectivity index (χ4n) is 3.36. The molecular weight excluding hydrogens is 230 g/mol. The standard InChI is InChI=1S/C13H21N3S/c1-9(2)16-5-3-13(4-6-16)7-10-11(12(13)14)17-8-15-10/h8-9,12H,3-7,14H2,1-2H3/t12-/m0/s1. The molecule has 3 rings (SSSR count). The van der Waals surface area contributed by atoms with Crippen LogP contribution in [0.1, 0.15) is 43.3 Å². The highest BCUT2D eigenvalue weighted by Gasteiger charge is 2.47. The number of rotatable bonds is 1. The lowest BCUT2D eigenvalue weighted by molar-refractivity contribution is 0.0711. The Labute approximate surface area is 107 Å². The van der Waals surface area contributed by atoms with Crippen molar-refractivity contribution in [3.05, 3.63) is 16.1 Å². The molecule has 17 heavy (non-hydrogen) atoms. The molecule has 2 N–H and O–H groups in total. The van der Waals surface area contributed by atoms with Crippen LogP contribution >= 0.6 is 11.3 Å². The van der Waals surface area contributed by atoms with Gasteiger partial charge in [-0.25, -0.2) is 4.98 Å². The van der Waals surface area contributed by atoms with Gasteiger partial charge in [-0.1, -0.05) is 0 Å². The Kier molecular flexibility index (Phi) is 2.76. The first-order valence-corrected chi connectivity index (χ1v) is 7.42. The number of nitrogens with two attached hydrogens (primary N) is 1. The van der Waals surface area contributed by atoms with Gasteiger partial charge < -0.3 is 10.6 Å². The maximum atomic E-state index is 6.47. The predicted molar refractivity (Wildman–Crippen MR) is 71.1 cm³/mol. The van der Waals surface area contributed by atoms with Crippen LogP contribution in [0.3, 0.4) is 0 Å². The zero-order valence-electron chi connectivity index (χ0n) is 10.6. The molecule has 2 aliphatic rings. The molecule has 1 aliphatic heterocycles. The van der Waals surface area contributed by atoms with Crippen molar-refractivity contribution < 1.29 is 0 Å². The van der Waals surface area contributed by atoms with Gasteiger partial charge in [0.05, 0.1) is 11.2 Å². The highest BCUT2D eigenvalue weighted by Crippen LogP contribution is 2.51. The van der Waals surface area contributed by atoms with Crippen molar-refractivity contribution >= 4 is 11.3 Å². The molecule has 0 saturated carbocycles. The summed E-state index contributed by atoms with van der Waals surface area (Å²) in [5.41, 5.74) is 10.0. The fraction of sp³-hybridized carbons (Fsp3) is 0.769. The van der Waals surface area contributed by atoms with Crippen molar-refractivity contribution in [2.75, 3.05) is 13.1 Å². The van der Waals surface area contributed by atoms with E-state index >= 15 is 0 Å². The van der Waals surface area contributed by atoms with Gasteiger partial charge in [0.25, 0.3) is 0 Å². The van der Waals surface area contributed by atoms with Gasteiger partial charge in [0.1, 0.15) is 0 Å². The minimum atomic E-state index is 0.235. The van der Waals surface area contributed by atoms with Crippen LogP contribution in [0.4, 0.5) is 0 Å². The number of aromatic nitrogens is 1. The molecule has 0 radical (unpaired) electrons. The Hall–Kier alpha value is -0.450. The maximum absolute atomic E-state index is 6.47. The number of hydrogen-bond acceptors (Lipinski definition) is 4. The zero-order chi connectivity index (χ0) is 12.0. The second-order valence-electron chi connectivity index (χ2n) is 5.81. The lowest BCUT2D eigenvalue weighted by Gasteiger charge is -2.43. The largest absolute Gasteiger partial charge is 0.323 e. The summed E-state index contributed by atoms with van der Waals surface area (Å²) >= 11 is 1.75. The lowest BCUT2D eigenvalue weighted by atomic mass is 9.73. The highest BCUT2D eigenvalue weighted by atomic mass is 32.1. The summed E-state index contributed by atoms with van der Waals surface area (Å²) < 4.78 is 0. The molecule has 1 atom stereocenters. The monoisotopic (exact) mass is 251 g/mol. The number of piperidine rings is 1. The summed E-state index contributed by atoms with van der Waals surface area (Å²) in [7, 11) is 0. The molecule has 3 nitrogen and oxygen atoms in total. The molecule has 0 bridgehead atoms. The zero-order valence-corrected chi connectivity index (χ0v) is 11.5. The smallest absolute Gasteiger partial charge is 0.0798 e. The Morgan fingerprint density at radius 1 is 1.47 bits per heavy atom. The first kappa shape index (κ1) is 11.6.